The fourth-order valence-electron chi connectivity index (χ4n) is 1.93. The molecule has 0 aromatic carbocycles. The predicted molar refractivity (Wildman–Crippen MR) is 73.5 cm³/mol. The van der Waals surface area contributed by atoms with E-state index in [4.69, 9.17) is 5.11 Å². The van der Waals surface area contributed by atoms with Crippen LogP contribution in [-0.2, 0) is 4.79 Å². The van der Waals surface area contributed by atoms with E-state index < -0.39 is 5.97 Å². The van der Waals surface area contributed by atoms with Crippen LogP contribution in [0, 0.1) is 0 Å². The summed E-state index contributed by atoms with van der Waals surface area (Å²) in [6.45, 7) is 3.18. The largest absolute Gasteiger partial charge is 1.00 e. The van der Waals surface area contributed by atoms with Crippen molar-refractivity contribution < 1.29 is 62.7 Å². The number of unbranched alkanes of at least 4 members (excludes halogenated alkanes) is 9. The SMILES string of the molecule is CCCCCCCCCCCCNCC(=O)O.[H-].[K+]. The topological polar surface area (TPSA) is 49.3 Å². The van der Waals surface area contributed by atoms with Crippen molar-refractivity contribution in [2.45, 2.75) is 71.1 Å². The van der Waals surface area contributed by atoms with Gasteiger partial charge in [-0.3, -0.25) is 4.79 Å². The normalized spacial score (nSPS) is 10.1. The molecular formula is C14H30KNO2. The van der Waals surface area contributed by atoms with Gasteiger partial charge in [-0.1, -0.05) is 64.7 Å². The zero-order valence-electron chi connectivity index (χ0n) is 13.3. The fraction of sp³-hybridized carbons (Fsp3) is 0.929. The van der Waals surface area contributed by atoms with Crippen molar-refractivity contribution in [2.75, 3.05) is 13.1 Å². The summed E-state index contributed by atoms with van der Waals surface area (Å²) in [5.74, 6) is -0.767. The molecule has 0 aliphatic carbocycles. The summed E-state index contributed by atoms with van der Waals surface area (Å²) in [6.07, 6.45) is 13.2. The third kappa shape index (κ3) is 19.4. The first-order valence-electron chi connectivity index (χ1n) is 7.20. The molecular weight excluding hydrogens is 253 g/mol. The Hall–Kier alpha value is 1.07. The minimum atomic E-state index is -0.767. The molecule has 0 saturated carbocycles. The van der Waals surface area contributed by atoms with E-state index in [9.17, 15) is 4.79 Å². The molecule has 4 heteroatoms. The van der Waals surface area contributed by atoms with Crippen molar-refractivity contribution >= 4 is 5.97 Å². The van der Waals surface area contributed by atoms with Crippen molar-refractivity contribution in [3.8, 4) is 0 Å². The second-order valence-corrected chi connectivity index (χ2v) is 4.75. The molecule has 18 heavy (non-hydrogen) atoms. The first kappa shape index (κ1) is 21.4. The van der Waals surface area contributed by atoms with Crippen LogP contribution < -0.4 is 56.7 Å². The van der Waals surface area contributed by atoms with Gasteiger partial charge in [0, 0.05) is 0 Å². The smallest absolute Gasteiger partial charge is 1.00 e. The summed E-state index contributed by atoms with van der Waals surface area (Å²) in [5, 5.41) is 11.3. The first-order chi connectivity index (χ1) is 8.27. The Morgan fingerprint density at radius 1 is 0.944 bits per heavy atom. The minimum Gasteiger partial charge on any atom is -1.00 e. The van der Waals surface area contributed by atoms with Crippen LogP contribution in [0.1, 0.15) is 72.6 Å². The Balaban J connectivity index is -0.00000128. The predicted octanol–water partition coefficient (Wildman–Crippen LogP) is 0.698. The van der Waals surface area contributed by atoms with Gasteiger partial charge < -0.3 is 11.8 Å². The van der Waals surface area contributed by atoms with Gasteiger partial charge in [0.25, 0.3) is 0 Å². The molecule has 2 N–H and O–H groups in total. The Labute approximate surface area is 156 Å². The van der Waals surface area contributed by atoms with E-state index in [0.29, 0.717) is 0 Å². The van der Waals surface area contributed by atoms with E-state index in [2.05, 4.69) is 12.2 Å². The van der Waals surface area contributed by atoms with E-state index in [0.717, 1.165) is 13.0 Å². The molecule has 0 saturated heterocycles. The third-order valence-electron chi connectivity index (χ3n) is 2.98. The Morgan fingerprint density at radius 3 is 1.83 bits per heavy atom. The molecule has 0 rings (SSSR count). The number of carboxylic acids is 1. The number of aliphatic carboxylic acids is 1. The number of hydrogen-bond acceptors (Lipinski definition) is 2. The average Bonchev–Trinajstić information content (AvgIpc) is 2.30. The van der Waals surface area contributed by atoms with Crippen LogP contribution in [0.4, 0.5) is 0 Å². The Bertz CT molecular complexity index is 183. The van der Waals surface area contributed by atoms with Gasteiger partial charge in [0.1, 0.15) is 0 Å². The summed E-state index contributed by atoms with van der Waals surface area (Å²) in [4.78, 5) is 10.2. The van der Waals surface area contributed by atoms with Gasteiger partial charge in [-0.15, -0.1) is 0 Å². The van der Waals surface area contributed by atoms with Crippen molar-refractivity contribution in [1.29, 1.82) is 0 Å². The van der Waals surface area contributed by atoms with Crippen LogP contribution in [0.25, 0.3) is 0 Å². The van der Waals surface area contributed by atoms with E-state index in [1.807, 2.05) is 0 Å². The molecule has 104 valence electrons. The molecule has 0 aliphatic rings. The van der Waals surface area contributed by atoms with Gasteiger partial charge in [0.2, 0.25) is 0 Å². The summed E-state index contributed by atoms with van der Waals surface area (Å²) in [6, 6.07) is 0. The number of rotatable bonds is 13. The van der Waals surface area contributed by atoms with Crippen LogP contribution >= 0.6 is 0 Å². The quantitative estimate of drug-likeness (QED) is 0.386. The van der Waals surface area contributed by atoms with Crippen molar-refractivity contribution in [3.05, 3.63) is 0 Å². The van der Waals surface area contributed by atoms with Gasteiger partial charge in [0.15, 0.2) is 0 Å². The van der Waals surface area contributed by atoms with Crippen LogP contribution in [0.2, 0.25) is 0 Å². The van der Waals surface area contributed by atoms with Gasteiger partial charge >= 0.3 is 57.4 Å². The second kappa shape index (κ2) is 18.1. The summed E-state index contributed by atoms with van der Waals surface area (Å²) in [5.41, 5.74) is 0. The molecule has 0 unspecified atom stereocenters. The van der Waals surface area contributed by atoms with E-state index in [1.165, 1.54) is 57.8 Å². The molecule has 0 aromatic rings. The van der Waals surface area contributed by atoms with Crippen molar-refractivity contribution in [2.24, 2.45) is 0 Å². The maximum absolute atomic E-state index is 10.2. The van der Waals surface area contributed by atoms with Crippen LogP contribution in [0.5, 0.6) is 0 Å². The molecule has 0 atom stereocenters. The molecule has 0 amide bonds. The minimum absolute atomic E-state index is 0. The fourth-order valence-corrected chi connectivity index (χ4v) is 1.93. The van der Waals surface area contributed by atoms with E-state index >= 15 is 0 Å². The van der Waals surface area contributed by atoms with Gasteiger partial charge in [0.05, 0.1) is 6.54 Å². The number of carbonyl (C=O) groups is 1. The molecule has 0 heterocycles. The van der Waals surface area contributed by atoms with Gasteiger partial charge in [-0.05, 0) is 13.0 Å². The van der Waals surface area contributed by atoms with Crippen LogP contribution in [-0.4, -0.2) is 24.2 Å². The van der Waals surface area contributed by atoms with Crippen molar-refractivity contribution in [1.82, 2.24) is 5.32 Å². The first-order valence-corrected chi connectivity index (χ1v) is 7.20. The summed E-state index contributed by atoms with van der Waals surface area (Å²) < 4.78 is 0. The maximum Gasteiger partial charge on any atom is 1.00 e. The number of nitrogens with one attached hydrogen (secondary N) is 1. The maximum atomic E-state index is 10.2. The zero-order chi connectivity index (χ0) is 12.8. The standard InChI is InChI=1S/C14H29NO2.K.H/c1-2-3-4-5-6-7-8-9-10-11-12-15-13-14(16)17;;/h15H,2-13H2,1H3,(H,16,17);;/q;+1;-1. The molecule has 0 fully saturated rings. The van der Waals surface area contributed by atoms with Gasteiger partial charge in [-0.25, -0.2) is 0 Å². The Morgan fingerprint density at radius 2 is 1.39 bits per heavy atom. The van der Waals surface area contributed by atoms with E-state index in [1.54, 1.807) is 0 Å². The van der Waals surface area contributed by atoms with Gasteiger partial charge in [-0.2, -0.15) is 0 Å². The molecule has 0 radical (unpaired) electrons. The zero-order valence-corrected chi connectivity index (χ0v) is 15.5. The number of hydrogen-bond donors (Lipinski definition) is 2. The van der Waals surface area contributed by atoms with Crippen LogP contribution in [0.3, 0.4) is 0 Å². The monoisotopic (exact) mass is 283 g/mol. The molecule has 0 bridgehead atoms. The van der Waals surface area contributed by atoms with Crippen molar-refractivity contribution in [3.63, 3.8) is 0 Å². The van der Waals surface area contributed by atoms with E-state index in [-0.39, 0.29) is 59.4 Å². The number of carboxylic acid groups (broad SMARTS) is 1. The molecule has 3 nitrogen and oxygen atoms in total. The van der Waals surface area contributed by atoms with Crippen LogP contribution in [0.15, 0.2) is 0 Å². The average molecular weight is 283 g/mol. The summed E-state index contributed by atoms with van der Waals surface area (Å²) >= 11 is 0. The second-order valence-electron chi connectivity index (χ2n) is 4.75. The third-order valence-corrected chi connectivity index (χ3v) is 2.98. The molecule has 0 aromatic heterocycles. The summed E-state index contributed by atoms with van der Waals surface area (Å²) in [7, 11) is 0. The molecule has 0 aliphatic heterocycles. The Kier molecular flexibility index (Phi) is 21.4. The molecule has 0 spiro atoms.